The second-order valence-electron chi connectivity index (χ2n) is 3.87. The molecule has 1 N–H and O–H groups in total. The van der Waals surface area contributed by atoms with E-state index in [0.29, 0.717) is 6.42 Å². The van der Waals surface area contributed by atoms with Gasteiger partial charge in [0.15, 0.2) is 0 Å². The van der Waals surface area contributed by atoms with E-state index in [1.807, 2.05) is 24.3 Å². The summed E-state index contributed by atoms with van der Waals surface area (Å²) in [5.74, 6) is -0.260. The second-order valence-corrected chi connectivity index (χ2v) is 4.72. The first-order chi connectivity index (χ1) is 8.16. The van der Waals surface area contributed by atoms with Gasteiger partial charge in [0.1, 0.15) is 5.82 Å². The van der Waals surface area contributed by atoms with E-state index in [2.05, 4.69) is 15.9 Å². The van der Waals surface area contributed by atoms with Crippen LogP contribution in [0.25, 0.3) is 0 Å². The summed E-state index contributed by atoms with van der Waals surface area (Å²) < 4.78 is 13.6. The highest BCUT2D eigenvalue weighted by molar-refractivity contribution is 9.10. The maximum atomic E-state index is 12.7. The zero-order chi connectivity index (χ0) is 12.3. The highest BCUT2D eigenvalue weighted by Gasteiger charge is 2.11. The molecule has 3 heteroatoms. The van der Waals surface area contributed by atoms with Crippen LogP contribution in [0.3, 0.4) is 0 Å². The molecule has 0 fully saturated rings. The van der Waals surface area contributed by atoms with Gasteiger partial charge in [-0.3, -0.25) is 0 Å². The number of aliphatic hydroxyl groups is 1. The largest absolute Gasteiger partial charge is 0.388 e. The highest BCUT2D eigenvalue weighted by Crippen LogP contribution is 2.25. The third kappa shape index (κ3) is 3.14. The van der Waals surface area contributed by atoms with Crippen LogP contribution in [0, 0.1) is 5.82 Å². The van der Waals surface area contributed by atoms with Crippen molar-refractivity contribution >= 4 is 15.9 Å². The van der Waals surface area contributed by atoms with Crippen molar-refractivity contribution in [2.24, 2.45) is 0 Å². The Morgan fingerprint density at radius 2 is 1.71 bits per heavy atom. The van der Waals surface area contributed by atoms with Crippen molar-refractivity contribution in [2.75, 3.05) is 0 Å². The first-order valence-corrected chi connectivity index (χ1v) is 6.13. The van der Waals surface area contributed by atoms with Gasteiger partial charge in [-0.1, -0.05) is 46.3 Å². The minimum absolute atomic E-state index is 0.260. The van der Waals surface area contributed by atoms with Gasteiger partial charge < -0.3 is 5.11 Å². The quantitative estimate of drug-likeness (QED) is 0.911. The standard InChI is InChI=1S/C14H12BrFO/c15-13-4-2-1-3-12(13)14(17)9-10-5-7-11(16)8-6-10/h1-8,14,17H,9H2. The van der Waals surface area contributed by atoms with Crippen molar-refractivity contribution in [3.8, 4) is 0 Å². The number of rotatable bonds is 3. The maximum Gasteiger partial charge on any atom is 0.123 e. The Morgan fingerprint density at radius 1 is 1.06 bits per heavy atom. The fourth-order valence-electron chi connectivity index (χ4n) is 1.70. The number of aliphatic hydroxyl groups excluding tert-OH is 1. The zero-order valence-electron chi connectivity index (χ0n) is 9.11. The summed E-state index contributed by atoms with van der Waals surface area (Å²) in [6, 6.07) is 13.7. The fourth-order valence-corrected chi connectivity index (χ4v) is 2.25. The number of hydrogen-bond donors (Lipinski definition) is 1. The van der Waals surface area contributed by atoms with Gasteiger partial charge in [-0.15, -0.1) is 0 Å². The first-order valence-electron chi connectivity index (χ1n) is 5.34. The van der Waals surface area contributed by atoms with E-state index >= 15 is 0 Å². The number of hydrogen-bond acceptors (Lipinski definition) is 1. The van der Waals surface area contributed by atoms with Gasteiger partial charge in [-0.2, -0.15) is 0 Å². The Hall–Kier alpha value is -1.19. The predicted molar refractivity (Wildman–Crippen MR) is 69.2 cm³/mol. The van der Waals surface area contributed by atoms with E-state index in [1.54, 1.807) is 12.1 Å². The molecule has 2 aromatic carbocycles. The van der Waals surface area contributed by atoms with E-state index < -0.39 is 6.10 Å². The van der Waals surface area contributed by atoms with Gasteiger partial charge in [0.2, 0.25) is 0 Å². The second kappa shape index (κ2) is 5.43. The van der Waals surface area contributed by atoms with Gasteiger partial charge in [0.25, 0.3) is 0 Å². The SMILES string of the molecule is OC(Cc1ccc(F)cc1)c1ccccc1Br. The number of benzene rings is 2. The summed E-state index contributed by atoms with van der Waals surface area (Å²) in [5.41, 5.74) is 1.76. The van der Waals surface area contributed by atoms with Gasteiger partial charge in [-0.25, -0.2) is 4.39 Å². The molecule has 88 valence electrons. The lowest BCUT2D eigenvalue weighted by Crippen LogP contribution is -2.02. The van der Waals surface area contributed by atoms with Gasteiger partial charge >= 0.3 is 0 Å². The van der Waals surface area contributed by atoms with E-state index in [0.717, 1.165) is 15.6 Å². The molecule has 2 rings (SSSR count). The molecule has 2 aromatic rings. The molecule has 0 aromatic heterocycles. The summed E-state index contributed by atoms with van der Waals surface area (Å²) in [6.07, 6.45) is -0.112. The van der Waals surface area contributed by atoms with Crippen LogP contribution in [0.4, 0.5) is 4.39 Å². The van der Waals surface area contributed by atoms with Crippen molar-refractivity contribution in [3.63, 3.8) is 0 Å². The Balaban J connectivity index is 2.14. The van der Waals surface area contributed by atoms with Crippen molar-refractivity contribution in [1.29, 1.82) is 0 Å². The van der Waals surface area contributed by atoms with Gasteiger partial charge in [0, 0.05) is 10.9 Å². The molecular formula is C14H12BrFO. The Morgan fingerprint density at radius 3 is 2.35 bits per heavy atom. The van der Waals surface area contributed by atoms with E-state index in [-0.39, 0.29) is 5.82 Å². The molecule has 0 aliphatic carbocycles. The van der Waals surface area contributed by atoms with Crippen molar-refractivity contribution < 1.29 is 9.50 Å². The lowest BCUT2D eigenvalue weighted by atomic mass is 10.0. The highest BCUT2D eigenvalue weighted by atomic mass is 79.9. The molecular weight excluding hydrogens is 283 g/mol. The van der Waals surface area contributed by atoms with Crippen LogP contribution in [-0.4, -0.2) is 5.11 Å². The van der Waals surface area contributed by atoms with Crippen molar-refractivity contribution in [3.05, 3.63) is 69.9 Å². The van der Waals surface area contributed by atoms with E-state index in [4.69, 9.17) is 0 Å². The first kappa shape index (κ1) is 12.3. The van der Waals surface area contributed by atoms with Crippen LogP contribution in [-0.2, 0) is 6.42 Å². The molecule has 17 heavy (non-hydrogen) atoms. The summed E-state index contributed by atoms with van der Waals surface area (Å²) in [5, 5.41) is 10.1. The molecule has 1 unspecified atom stereocenters. The average molecular weight is 295 g/mol. The minimum Gasteiger partial charge on any atom is -0.388 e. The Labute approximate surface area is 108 Å². The molecule has 1 atom stereocenters. The van der Waals surface area contributed by atoms with Crippen LogP contribution in [0.15, 0.2) is 53.0 Å². The van der Waals surface area contributed by atoms with E-state index in [1.165, 1.54) is 12.1 Å². The lowest BCUT2D eigenvalue weighted by molar-refractivity contribution is 0.177. The number of halogens is 2. The molecule has 0 spiro atoms. The topological polar surface area (TPSA) is 20.2 Å². The third-order valence-electron chi connectivity index (χ3n) is 2.61. The molecule has 1 nitrogen and oxygen atoms in total. The Bertz CT molecular complexity index is 496. The van der Waals surface area contributed by atoms with Crippen molar-refractivity contribution in [1.82, 2.24) is 0 Å². The summed E-state index contributed by atoms with van der Waals surface area (Å²) in [4.78, 5) is 0. The fraction of sp³-hybridized carbons (Fsp3) is 0.143. The van der Waals surface area contributed by atoms with E-state index in [9.17, 15) is 9.50 Å². The lowest BCUT2D eigenvalue weighted by Gasteiger charge is -2.12. The molecule has 0 aliphatic heterocycles. The smallest absolute Gasteiger partial charge is 0.123 e. The van der Waals surface area contributed by atoms with Gasteiger partial charge in [-0.05, 0) is 29.3 Å². The molecule has 0 heterocycles. The molecule has 0 saturated carbocycles. The van der Waals surface area contributed by atoms with Gasteiger partial charge in [0.05, 0.1) is 6.10 Å². The van der Waals surface area contributed by atoms with Crippen molar-refractivity contribution in [2.45, 2.75) is 12.5 Å². The predicted octanol–water partition coefficient (Wildman–Crippen LogP) is 3.86. The van der Waals surface area contributed by atoms with Crippen LogP contribution in [0.2, 0.25) is 0 Å². The molecule has 0 aliphatic rings. The molecule has 0 saturated heterocycles. The minimum atomic E-state index is -0.587. The summed E-state index contributed by atoms with van der Waals surface area (Å²) in [6.45, 7) is 0. The summed E-state index contributed by atoms with van der Waals surface area (Å²) in [7, 11) is 0. The average Bonchev–Trinajstić information content (AvgIpc) is 2.32. The van der Waals surface area contributed by atoms with Crippen LogP contribution < -0.4 is 0 Å². The Kier molecular flexibility index (Phi) is 3.92. The molecule has 0 radical (unpaired) electrons. The molecule has 0 amide bonds. The van der Waals surface area contributed by atoms with Crippen LogP contribution in [0.5, 0.6) is 0 Å². The molecule has 0 bridgehead atoms. The van der Waals surface area contributed by atoms with Crippen LogP contribution >= 0.6 is 15.9 Å². The zero-order valence-corrected chi connectivity index (χ0v) is 10.7. The van der Waals surface area contributed by atoms with Crippen LogP contribution in [0.1, 0.15) is 17.2 Å². The monoisotopic (exact) mass is 294 g/mol. The normalized spacial score (nSPS) is 12.4. The third-order valence-corrected chi connectivity index (χ3v) is 3.33. The maximum absolute atomic E-state index is 12.7. The summed E-state index contributed by atoms with van der Waals surface area (Å²) >= 11 is 3.40.